The second-order valence-electron chi connectivity index (χ2n) is 14.5. The molecule has 0 atom stereocenters. The summed E-state index contributed by atoms with van der Waals surface area (Å²) in [4.78, 5) is 0. The number of hydrogen-bond donors (Lipinski definition) is 0. The third-order valence-electron chi connectivity index (χ3n) is 9.56. The maximum absolute atomic E-state index is 2.38. The molecule has 0 aliphatic rings. The van der Waals surface area contributed by atoms with Crippen LogP contribution in [0, 0.1) is 0 Å². The van der Waals surface area contributed by atoms with Gasteiger partial charge in [-0.3, -0.25) is 0 Å². The van der Waals surface area contributed by atoms with Gasteiger partial charge in [0.25, 0.3) is 0 Å². The van der Waals surface area contributed by atoms with Crippen molar-refractivity contribution in [1.29, 1.82) is 0 Å². The molecule has 0 radical (unpaired) electrons. The van der Waals surface area contributed by atoms with Crippen LogP contribution in [0.4, 0.5) is 0 Å². The Bertz CT molecular complexity index is 1760. The molecule has 1 heteroatoms. The highest BCUT2D eigenvalue weighted by Crippen LogP contribution is 2.35. The molecule has 224 valence electrons. The van der Waals surface area contributed by atoms with Gasteiger partial charge in [0.2, 0.25) is 0 Å². The molecule has 6 rings (SSSR count). The molecule has 0 aliphatic heterocycles. The molecule has 0 aliphatic carbocycles. The minimum Gasteiger partial charge on any atom is -0.195 e. The zero-order valence-corrected chi connectivity index (χ0v) is 27.6. The van der Waals surface area contributed by atoms with Crippen LogP contribution in [0.1, 0.15) is 52.7 Å². The molecule has 6 aromatic rings. The van der Waals surface area contributed by atoms with Gasteiger partial charge in [-0.1, -0.05) is 199 Å². The van der Waals surface area contributed by atoms with Crippen LogP contribution < -0.4 is 21.9 Å². The molecule has 0 spiro atoms. The van der Waals surface area contributed by atoms with Crippen LogP contribution in [-0.4, -0.2) is 6.15 Å². The Kier molecular flexibility index (Phi) is 8.15. The summed E-state index contributed by atoms with van der Waals surface area (Å²) in [6.07, 6.45) is -1.56. The fourth-order valence-electron chi connectivity index (χ4n) is 7.12. The van der Waals surface area contributed by atoms with E-state index in [0.29, 0.717) is 0 Å². The summed E-state index contributed by atoms with van der Waals surface area (Å²) >= 11 is 0. The number of benzene rings is 6. The Hall–Kier alpha value is -4.62. The number of rotatable bonds is 6. The van der Waals surface area contributed by atoms with Gasteiger partial charge in [-0.2, -0.15) is 21.9 Å². The summed E-state index contributed by atoms with van der Waals surface area (Å²) in [6.45, 7) is 13.7. The highest BCUT2D eigenvalue weighted by Gasteiger charge is 2.34. The van der Waals surface area contributed by atoms with E-state index in [9.17, 15) is 0 Å². The number of hydrogen-bond acceptors (Lipinski definition) is 0. The molecule has 0 saturated carbocycles. The van der Waals surface area contributed by atoms with Crippen molar-refractivity contribution < 1.29 is 0 Å². The van der Waals surface area contributed by atoms with Gasteiger partial charge in [-0.15, -0.1) is 0 Å². The molecular weight excluding hydrogens is 539 g/mol. The van der Waals surface area contributed by atoms with Crippen molar-refractivity contribution in [2.24, 2.45) is 0 Å². The van der Waals surface area contributed by atoms with E-state index < -0.39 is 6.15 Å². The van der Waals surface area contributed by atoms with Crippen LogP contribution in [-0.2, 0) is 10.8 Å². The molecule has 0 N–H and O–H groups in total. The largest absolute Gasteiger partial charge is 0.195 e. The first-order valence-corrected chi connectivity index (χ1v) is 16.3. The van der Waals surface area contributed by atoms with Crippen molar-refractivity contribution in [3.8, 4) is 22.3 Å². The van der Waals surface area contributed by atoms with Crippen LogP contribution in [0.25, 0.3) is 22.3 Å². The Morgan fingerprint density at radius 3 is 1.11 bits per heavy atom. The van der Waals surface area contributed by atoms with Crippen molar-refractivity contribution in [2.75, 3.05) is 0 Å². The lowest BCUT2D eigenvalue weighted by atomic mass is 9.12. The third kappa shape index (κ3) is 5.80. The van der Waals surface area contributed by atoms with Gasteiger partial charge in [0.05, 0.1) is 0 Å². The summed E-state index contributed by atoms with van der Waals surface area (Å²) in [6, 6.07) is 58.9. The van der Waals surface area contributed by atoms with E-state index in [1.807, 2.05) is 0 Å². The fourth-order valence-corrected chi connectivity index (χ4v) is 7.12. The molecule has 0 bridgehead atoms. The summed E-state index contributed by atoms with van der Waals surface area (Å²) in [5.74, 6) is 0. The van der Waals surface area contributed by atoms with Crippen LogP contribution in [0.2, 0.25) is 0 Å². The van der Waals surface area contributed by atoms with Crippen molar-refractivity contribution in [3.63, 3.8) is 0 Å². The van der Waals surface area contributed by atoms with E-state index in [1.165, 1.54) is 55.2 Å². The van der Waals surface area contributed by atoms with Gasteiger partial charge in [0.15, 0.2) is 0 Å². The fraction of sp³-hybridized carbons (Fsp3) is 0.182. The van der Waals surface area contributed by atoms with Crippen LogP contribution in [0.3, 0.4) is 0 Å². The average molecular weight is 584 g/mol. The van der Waals surface area contributed by atoms with E-state index in [0.717, 1.165) is 0 Å². The lowest BCUT2D eigenvalue weighted by molar-refractivity contribution is 0.590. The predicted octanol–water partition coefficient (Wildman–Crippen LogP) is 8.99. The third-order valence-corrected chi connectivity index (χ3v) is 9.56. The Labute approximate surface area is 270 Å². The molecule has 0 heterocycles. The van der Waals surface area contributed by atoms with Crippen molar-refractivity contribution in [3.05, 3.63) is 169 Å². The highest BCUT2D eigenvalue weighted by molar-refractivity contribution is 7.20. The first-order chi connectivity index (χ1) is 21.6. The smallest absolute Gasteiger partial charge is 0.108 e. The second-order valence-corrected chi connectivity index (χ2v) is 14.5. The van der Waals surface area contributed by atoms with Gasteiger partial charge in [0.1, 0.15) is 6.15 Å². The Morgan fingerprint density at radius 2 is 0.733 bits per heavy atom. The first kappa shape index (κ1) is 30.4. The molecule has 45 heavy (non-hydrogen) atoms. The van der Waals surface area contributed by atoms with Crippen LogP contribution in [0.5, 0.6) is 0 Å². The highest BCUT2D eigenvalue weighted by atomic mass is 14.2. The zero-order chi connectivity index (χ0) is 31.7. The Morgan fingerprint density at radius 1 is 0.356 bits per heavy atom. The monoisotopic (exact) mass is 583 g/mol. The maximum atomic E-state index is 2.38. The predicted molar refractivity (Wildman–Crippen MR) is 198 cm³/mol. The molecule has 0 saturated heterocycles. The molecule has 0 unspecified atom stereocenters. The quantitative estimate of drug-likeness (QED) is 0.172. The van der Waals surface area contributed by atoms with Crippen LogP contribution in [0.15, 0.2) is 158 Å². The lowest BCUT2D eigenvalue weighted by Crippen LogP contribution is -2.75. The molecule has 0 fully saturated rings. The molecular formula is C44H44B-. The van der Waals surface area contributed by atoms with E-state index in [-0.39, 0.29) is 10.8 Å². The summed E-state index contributed by atoms with van der Waals surface area (Å²) in [5.41, 5.74) is 13.1. The normalized spacial score (nSPS) is 12.2. The van der Waals surface area contributed by atoms with Gasteiger partial charge in [-0.25, -0.2) is 0 Å². The van der Waals surface area contributed by atoms with Crippen molar-refractivity contribution in [1.82, 2.24) is 0 Å². The maximum Gasteiger partial charge on any atom is 0.108 e. The first-order valence-electron chi connectivity index (χ1n) is 16.3. The average Bonchev–Trinajstić information content (AvgIpc) is 3.06. The molecule has 0 nitrogen and oxygen atoms in total. The van der Waals surface area contributed by atoms with E-state index in [4.69, 9.17) is 0 Å². The minimum absolute atomic E-state index is 0.0788. The summed E-state index contributed by atoms with van der Waals surface area (Å²) in [7, 11) is 0. The topological polar surface area (TPSA) is 0 Å². The van der Waals surface area contributed by atoms with Crippen LogP contribution >= 0.6 is 0 Å². The lowest BCUT2D eigenvalue weighted by Gasteiger charge is -2.46. The van der Waals surface area contributed by atoms with E-state index in [1.54, 1.807) is 0 Å². The van der Waals surface area contributed by atoms with E-state index in [2.05, 4.69) is 199 Å². The standard InChI is InChI=1S/C44H44B/c1-43(2,3)35-29-25-33(26-30-35)40-23-16-24-41(42(40)34-27-31-36(32-28-34)44(4,5)6)45(37-17-10-7-11-18-37,38-19-12-8-13-20-38)39-21-14-9-15-22-39/h7-32H,1-6H3/q-1. The van der Waals surface area contributed by atoms with Gasteiger partial charge >= 0.3 is 0 Å². The SMILES string of the molecule is CC(C)(C)c1ccc(-c2cccc([B-](c3ccccc3)(c3ccccc3)c3ccccc3)c2-c2ccc(C(C)(C)C)cc2)cc1. The molecule has 6 aromatic carbocycles. The van der Waals surface area contributed by atoms with Gasteiger partial charge in [-0.05, 0) is 44.2 Å². The van der Waals surface area contributed by atoms with Crippen molar-refractivity contribution in [2.45, 2.75) is 52.4 Å². The molecule has 0 aromatic heterocycles. The van der Waals surface area contributed by atoms with Gasteiger partial charge in [0, 0.05) is 0 Å². The van der Waals surface area contributed by atoms with E-state index >= 15 is 0 Å². The summed E-state index contributed by atoms with van der Waals surface area (Å²) < 4.78 is 0. The van der Waals surface area contributed by atoms with Crippen molar-refractivity contribution >= 4 is 28.0 Å². The zero-order valence-electron chi connectivity index (χ0n) is 27.6. The molecule has 0 amide bonds. The second kappa shape index (κ2) is 12.1. The summed E-state index contributed by atoms with van der Waals surface area (Å²) in [5, 5.41) is 0. The minimum atomic E-state index is -1.56. The van der Waals surface area contributed by atoms with Gasteiger partial charge < -0.3 is 0 Å². The Balaban J connectivity index is 1.74.